The Labute approximate surface area is 174 Å². The predicted octanol–water partition coefficient (Wildman–Crippen LogP) is -0.902. The van der Waals surface area contributed by atoms with Crippen molar-refractivity contribution in [3.63, 3.8) is 0 Å². The number of nitrogens with one attached hydrogen (secondary N) is 1. The third-order valence-corrected chi connectivity index (χ3v) is 3.62. The summed E-state index contributed by atoms with van der Waals surface area (Å²) in [5.41, 5.74) is 0.397. The molecule has 0 fully saturated rings. The van der Waals surface area contributed by atoms with Crippen molar-refractivity contribution in [2.24, 2.45) is 0 Å². The van der Waals surface area contributed by atoms with Gasteiger partial charge in [0.05, 0.1) is 9.82 Å². The second-order valence-corrected chi connectivity index (χ2v) is 5.68. The summed E-state index contributed by atoms with van der Waals surface area (Å²) in [4.78, 5) is 21.6. The molecule has 0 aromatic heterocycles. The minimum absolute atomic E-state index is 0. The maximum atomic E-state index is 11.9. The standard InChI is InChI=1S/C13H10N2O6S.K/c16-13(9-1-5-11(6-2-9)15(17)18)14-10-3-7-12(8-4-10)22(19,20)21;/h1-8H,(H,14,16)(H,19,20,21);/q;+1. The second kappa shape index (κ2) is 8.10. The molecule has 0 saturated carbocycles. The molecule has 0 atom stereocenters. The Morgan fingerprint density at radius 2 is 1.57 bits per heavy atom. The van der Waals surface area contributed by atoms with Crippen molar-refractivity contribution in [2.75, 3.05) is 5.32 Å². The maximum Gasteiger partial charge on any atom is 1.00 e. The second-order valence-electron chi connectivity index (χ2n) is 4.26. The van der Waals surface area contributed by atoms with Crippen LogP contribution in [0.1, 0.15) is 10.4 Å². The predicted molar refractivity (Wildman–Crippen MR) is 77.3 cm³/mol. The van der Waals surface area contributed by atoms with E-state index in [1.165, 1.54) is 36.4 Å². The zero-order valence-electron chi connectivity index (χ0n) is 12.0. The number of carbonyl (C=O) groups excluding carboxylic acids is 1. The van der Waals surface area contributed by atoms with E-state index in [2.05, 4.69) is 5.32 Å². The summed E-state index contributed by atoms with van der Waals surface area (Å²) in [6, 6.07) is 9.92. The van der Waals surface area contributed by atoms with Gasteiger partial charge in [0.1, 0.15) is 0 Å². The van der Waals surface area contributed by atoms with Gasteiger partial charge in [-0.15, -0.1) is 0 Å². The van der Waals surface area contributed by atoms with Crippen molar-refractivity contribution in [2.45, 2.75) is 4.90 Å². The number of nitro groups is 1. The number of benzene rings is 2. The molecule has 114 valence electrons. The quantitative estimate of drug-likeness (QED) is 0.314. The van der Waals surface area contributed by atoms with Crippen LogP contribution in [-0.2, 0) is 10.1 Å². The molecule has 0 heterocycles. The molecule has 1 amide bonds. The molecule has 0 bridgehead atoms. The van der Waals surface area contributed by atoms with E-state index in [0.717, 1.165) is 12.1 Å². The molecule has 0 aliphatic carbocycles. The average molecular weight is 361 g/mol. The molecule has 0 aliphatic heterocycles. The monoisotopic (exact) mass is 361 g/mol. The number of nitro benzene ring substituents is 1. The van der Waals surface area contributed by atoms with Gasteiger partial charge in [-0.3, -0.25) is 19.5 Å². The van der Waals surface area contributed by atoms with Gasteiger partial charge in [-0.1, -0.05) is 0 Å². The van der Waals surface area contributed by atoms with E-state index < -0.39 is 20.9 Å². The van der Waals surface area contributed by atoms with Crippen LogP contribution in [0.3, 0.4) is 0 Å². The summed E-state index contributed by atoms with van der Waals surface area (Å²) in [7, 11) is -4.29. The third kappa shape index (κ3) is 5.46. The van der Waals surface area contributed by atoms with Crippen LogP contribution in [0.4, 0.5) is 11.4 Å². The minimum atomic E-state index is -4.29. The van der Waals surface area contributed by atoms with Crippen LogP contribution < -0.4 is 56.7 Å². The first-order valence-electron chi connectivity index (χ1n) is 5.91. The Morgan fingerprint density at radius 3 is 2.00 bits per heavy atom. The van der Waals surface area contributed by atoms with Crippen molar-refractivity contribution in [3.8, 4) is 0 Å². The van der Waals surface area contributed by atoms with E-state index in [-0.39, 0.29) is 67.5 Å². The van der Waals surface area contributed by atoms with Gasteiger partial charge >= 0.3 is 51.4 Å². The summed E-state index contributed by atoms with van der Waals surface area (Å²) >= 11 is 0. The van der Waals surface area contributed by atoms with Gasteiger partial charge in [0, 0.05) is 23.4 Å². The van der Waals surface area contributed by atoms with Crippen molar-refractivity contribution >= 4 is 27.4 Å². The van der Waals surface area contributed by atoms with E-state index in [0.29, 0.717) is 5.69 Å². The Bertz CT molecular complexity index is 819. The Morgan fingerprint density at radius 1 is 1.04 bits per heavy atom. The largest absolute Gasteiger partial charge is 1.00 e. The summed E-state index contributed by atoms with van der Waals surface area (Å²) in [5.74, 6) is -0.505. The molecule has 2 aromatic carbocycles. The topological polar surface area (TPSA) is 127 Å². The van der Waals surface area contributed by atoms with Crippen LogP contribution in [-0.4, -0.2) is 23.8 Å². The zero-order valence-corrected chi connectivity index (χ0v) is 15.9. The van der Waals surface area contributed by atoms with E-state index >= 15 is 0 Å². The number of amides is 1. The number of hydrogen-bond donors (Lipinski definition) is 2. The fraction of sp³-hybridized carbons (Fsp3) is 0. The summed E-state index contributed by atoms with van der Waals surface area (Å²) < 4.78 is 30.6. The molecular weight excluding hydrogens is 351 g/mol. The minimum Gasteiger partial charge on any atom is -0.322 e. The molecular formula is C13H10KN2O6S+. The van der Waals surface area contributed by atoms with E-state index in [1.54, 1.807) is 0 Å². The number of anilines is 1. The van der Waals surface area contributed by atoms with Crippen LogP contribution in [0.5, 0.6) is 0 Å². The first-order valence-corrected chi connectivity index (χ1v) is 7.35. The van der Waals surface area contributed by atoms with Gasteiger partial charge in [0.15, 0.2) is 0 Å². The van der Waals surface area contributed by atoms with Crippen molar-refractivity contribution < 1.29 is 74.1 Å². The molecule has 0 unspecified atom stereocenters. The van der Waals surface area contributed by atoms with Gasteiger partial charge < -0.3 is 5.32 Å². The van der Waals surface area contributed by atoms with Crippen LogP contribution in [0, 0.1) is 10.1 Å². The molecule has 0 spiro atoms. The van der Waals surface area contributed by atoms with Gasteiger partial charge in [0.2, 0.25) is 0 Å². The van der Waals surface area contributed by atoms with Crippen molar-refractivity contribution in [1.82, 2.24) is 0 Å². The molecule has 0 saturated heterocycles. The number of carbonyl (C=O) groups is 1. The Hall–Kier alpha value is -1.14. The number of rotatable bonds is 4. The smallest absolute Gasteiger partial charge is 0.322 e. The van der Waals surface area contributed by atoms with Crippen LogP contribution in [0.2, 0.25) is 0 Å². The van der Waals surface area contributed by atoms with Gasteiger partial charge in [-0.25, -0.2) is 0 Å². The van der Waals surface area contributed by atoms with Crippen molar-refractivity contribution in [1.29, 1.82) is 0 Å². The van der Waals surface area contributed by atoms with Crippen LogP contribution in [0.15, 0.2) is 53.4 Å². The third-order valence-electron chi connectivity index (χ3n) is 2.75. The molecule has 8 nitrogen and oxygen atoms in total. The summed E-state index contributed by atoms with van der Waals surface area (Å²) in [6.07, 6.45) is 0. The SMILES string of the molecule is O=C(Nc1ccc(S(=O)(=O)O)cc1)c1ccc([N+](=O)[O-])cc1.[K+]. The van der Waals surface area contributed by atoms with Crippen molar-refractivity contribution in [3.05, 3.63) is 64.2 Å². The van der Waals surface area contributed by atoms with E-state index in [1.807, 2.05) is 0 Å². The summed E-state index contributed by atoms with van der Waals surface area (Å²) in [6.45, 7) is 0. The maximum absolute atomic E-state index is 11.9. The fourth-order valence-electron chi connectivity index (χ4n) is 1.65. The summed E-state index contributed by atoms with van der Waals surface area (Å²) in [5, 5.41) is 13.0. The number of nitrogens with zero attached hydrogens (tertiary/aromatic N) is 1. The molecule has 2 aromatic rings. The van der Waals surface area contributed by atoms with Gasteiger partial charge in [0.25, 0.3) is 21.7 Å². The Kier molecular flexibility index (Phi) is 7.01. The molecule has 2 rings (SSSR count). The average Bonchev–Trinajstić information content (AvgIpc) is 2.47. The van der Waals surface area contributed by atoms with E-state index in [4.69, 9.17) is 4.55 Å². The van der Waals surface area contributed by atoms with Crippen LogP contribution >= 0.6 is 0 Å². The fourth-order valence-corrected chi connectivity index (χ4v) is 2.13. The van der Waals surface area contributed by atoms with Crippen LogP contribution in [0.25, 0.3) is 0 Å². The van der Waals surface area contributed by atoms with Gasteiger partial charge in [-0.05, 0) is 36.4 Å². The first-order chi connectivity index (χ1) is 10.3. The van der Waals surface area contributed by atoms with E-state index in [9.17, 15) is 23.3 Å². The molecule has 2 N–H and O–H groups in total. The molecule has 23 heavy (non-hydrogen) atoms. The molecule has 0 aliphatic rings. The molecule has 0 radical (unpaired) electrons. The number of hydrogen-bond acceptors (Lipinski definition) is 5. The number of non-ortho nitro benzene ring substituents is 1. The molecule has 10 heteroatoms. The first kappa shape index (κ1) is 19.9. The van der Waals surface area contributed by atoms with Gasteiger partial charge in [-0.2, -0.15) is 8.42 Å². The Balaban J connectivity index is 0.00000264. The zero-order chi connectivity index (χ0) is 16.3. The normalized spacial score (nSPS) is 10.5.